The van der Waals surface area contributed by atoms with Crippen molar-refractivity contribution < 1.29 is 13.2 Å². The molecule has 19 heavy (non-hydrogen) atoms. The van der Waals surface area contributed by atoms with Gasteiger partial charge in [-0.2, -0.15) is 4.31 Å². The standard InChI is InChI=1S/C14H25NO3S/c1-14(2)12-4-3-11(13(14)9-12)10-19(16,17)15-5-7-18-8-6-15/h11-13H,3-10H2,1-2H3/t11-,12-,13-/m0/s1. The zero-order valence-electron chi connectivity index (χ0n) is 12.0. The Morgan fingerprint density at radius 1 is 1.21 bits per heavy atom. The lowest BCUT2D eigenvalue weighted by atomic mass is 9.46. The van der Waals surface area contributed by atoms with Gasteiger partial charge in [-0.1, -0.05) is 13.8 Å². The third kappa shape index (κ3) is 2.34. The van der Waals surface area contributed by atoms with Crippen LogP contribution in [0.25, 0.3) is 0 Å². The number of nitrogens with zero attached hydrogens (tertiary/aromatic N) is 1. The number of hydrogen-bond acceptors (Lipinski definition) is 3. The van der Waals surface area contributed by atoms with Gasteiger partial charge in [-0.15, -0.1) is 0 Å². The molecule has 3 atom stereocenters. The van der Waals surface area contributed by atoms with E-state index in [0.717, 1.165) is 12.3 Å². The van der Waals surface area contributed by atoms with E-state index in [2.05, 4.69) is 13.8 Å². The van der Waals surface area contributed by atoms with Gasteiger partial charge in [0, 0.05) is 13.1 Å². The highest BCUT2D eigenvalue weighted by molar-refractivity contribution is 7.89. The highest BCUT2D eigenvalue weighted by Crippen LogP contribution is 2.61. The van der Waals surface area contributed by atoms with E-state index in [-0.39, 0.29) is 0 Å². The first-order valence-electron chi connectivity index (χ1n) is 7.47. The Balaban J connectivity index is 1.67. The Morgan fingerprint density at radius 2 is 1.89 bits per heavy atom. The third-order valence-electron chi connectivity index (χ3n) is 5.79. The van der Waals surface area contributed by atoms with Gasteiger partial charge in [0.05, 0.1) is 19.0 Å². The molecule has 4 rings (SSSR count). The van der Waals surface area contributed by atoms with Crippen molar-refractivity contribution in [3.05, 3.63) is 0 Å². The van der Waals surface area contributed by atoms with Crippen molar-refractivity contribution in [3.63, 3.8) is 0 Å². The molecule has 0 spiro atoms. The van der Waals surface area contributed by atoms with Crippen LogP contribution in [0.2, 0.25) is 0 Å². The van der Waals surface area contributed by atoms with Crippen molar-refractivity contribution in [1.82, 2.24) is 4.31 Å². The van der Waals surface area contributed by atoms with Gasteiger partial charge >= 0.3 is 0 Å². The van der Waals surface area contributed by atoms with E-state index < -0.39 is 10.0 Å². The quantitative estimate of drug-likeness (QED) is 0.794. The second-order valence-electron chi connectivity index (χ2n) is 6.99. The normalized spacial score (nSPS) is 38.7. The number of fused-ring (bicyclic) bond motifs is 2. The van der Waals surface area contributed by atoms with Crippen LogP contribution in [0.5, 0.6) is 0 Å². The van der Waals surface area contributed by atoms with Crippen LogP contribution in [0.3, 0.4) is 0 Å². The fourth-order valence-corrected chi connectivity index (χ4v) is 6.22. The van der Waals surface area contributed by atoms with E-state index in [0.29, 0.717) is 49.3 Å². The van der Waals surface area contributed by atoms with Crippen LogP contribution in [0.1, 0.15) is 33.1 Å². The van der Waals surface area contributed by atoms with Crippen molar-refractivity contribution in [3.8, 4) is 0 Å². The summed E-state index contributed by atoms with van der Waals surface area (Å²) in [5.74, 6) is 2.17. The summed E-state index contributed by atoms with van der Waals surface area (Å²) in [5.41, 5.74) is 0.365. The summed E-state index contributed by atoms with van der Waals surface area (Å²) in [6, 6.07) is 0. The van der Waals surface area contributed by atoms with Crippen LogP contribution in [-0.2, 0) is 14.8 Å². The molecule has 0 N–H and O–H groups in total. The van der Waals surface area contributed by atoms with Gasteiger partial charge in [0.25, 0.3) is 0 Å². The van der Waals surface area contributed by atoms with Gasteiger partial charge in [-0.25, -0.2) is 8.42 Å². The summed E-state index contributed by atoms with van der Waals surface area (Å²) < 4.78 is 31.9. The van der Waals surface area contributed by atoms with E-state index in [1.54, 1.807) is 4.31 Å². The van der Waals surface area contributed by atoms with Crippen molar-refractivity contribution in [2.45, 2.75) is 33.1 Å². The van der Waals surface area contributed by atoms with Crippen LogP contribution in [0, 0.1) is 23.2 Å². The first kappa shape index (κ1) is 13.8. The minimum absolute atomic E-state index is 0.355. The number of rotatable bonds is 3. The molecule has 0 radical (unpaired) electrons. The highest BCUT2D eigenvalue weighted by Gasteiger charge is 2.54. The maximum Gasteiger partial charge on any atom is 0.214 e. The van der Waals surface area contributed by atoms with E-state index in [1.807, 2.05) is 0 Å². The summed E-state index contributed by atoms with van der Waals surface area (Å²) in [6.45, 7) is 6.79. The number of ether oxygens (including phenoxy) is 1. The molecule has 0 aromatic heterocycles. The van der Waals surface area contributed by atoms with Crippen molar-refractivity contribution in [2.75, 3.05) is 32.1 Å². The lowest BCUT2D eigenvalue weighted by molar-refractivity contribution is -0.0980. The summed E-state index contributed by atoms with van der Waals surface area (Å²) in [6.07, 6.45) is 3.56. The Morgan fingerprint density at radius 3 is 2.47 bits per heavy atom. The van der Waals surface area contributed by atoms with Crippen LogP contribution < -0.4 is 0 Å². The van der Waals surface area contributed by atoms with Gasteiger partial charge in [-0.3, -0.25) is 0 Å². The zero-order chi connectivity index (χ0) is 13.7. The molecule has 4 aliphatic rings. The molecule has 1 aliphatic heterocycles. The predicted molar refractivity (Wildman–Crippen MR) is 74.3 cm³/mol. The van der Waals surface area contributed by atoms with Gasteiger partial charge in [0.2, 0.25) is 10.0 Å². The molecule has 2 bridgehead atoms. The number of sulfonamides is 1. The molecule has 110 valence electrons. The second kappa shape index (κ2) is 4.71. The largest absolute Gasteiger partial charge is 0.379 e. The smallest absolute Gasteiger partial charge is 0.214 e. The molecule has 3 saturated carbocycles. The lowest BCUT2D eigenvalue weighted by Gasteiger charge is -2.60. The van der Waals surface area contributed by atoms with E-state index in [1.165, 1.54) is 12.8 Å². The molecule has 0 amide bonds. The third-order valence-corrected chi connectivity index (χ3v) is 7.79. The van der Waals surface area contributed by atoms with Gasteiger partial charge in [-0.05, 0) is 42.4 Å². The summed E-state index contributed by atoms with van der Waals surface area (Å²) in [5, 5.41) is 0. The van der Waals surface area contributed by atoms with E-state index >= 15 is 0 Å². The zero-order valence-corrected chi connectivity index (χ0v) is 12.8. The van der Waals surface area contributed by atoms with E-state index in [4.69, 9.17) is 4.74 Å². The van der Waals surface area contributed by atoms with E-state index in [9.17, 15) is 8.42 Å². The second-order valence-corrected chi connectivity index (χ2v) is 9.00. The van der Waals surface area contributed by atoms with Crippen LogP contribution in [0.15, 0.2) is 0 Å². The van der Waals surface area contributed by atoms with Crippen LogP contribution in [-0.4, -0.2) is 44.8 Å². The molecule has 4 fully saturated rings. The monoisotopic (exact) mass is 287 g/mol. The molecule has 4 nitrogen and oxygen atoms in total. The van der Waals surface area contributed by atoms with Crippen LogP contribution >= 0.6 is 0 Å². The SMILES string of the molecule is CC1(C)[C@H]2CC[C@@H](CS(=O)(=O)N3CCOCC3)[C@@H]1C2. The Bertz CT molecular complexity index is 438. The summed E-state index contributed by atoms with van der Waals surface area (Å²) in [4.78, 5) is 0. The molecule has 1 heterocycles. The maximum absolute atomic E-state index is 12.5. The fourth-order valence-electron chi connectivity index (χ4n) is 4.36. The number of hydrogen-bond donors (Lipinski definition) is 0. The first-order valence-corrected chi connectivity index (χ1v) is 9.08. The van der Waals surface area contributed by atoms with Gasteiger partial charge < -0.3 is 4.74 Å². The summed E-state index contributed by atoms with van der Waals surface area (Å²) >= 11 is 0. The average molecular weight is 287 g/mol. The topological polar surface area (TPSA) is 46.6 Å². The molecule has 0 unspecified atom stereocenters. The molecule has 1 saturated heterocycles. The molecule has 0 aromatic rings. The minimum atomic E-state index is -3.09. The van der Waals surface area contributed by atoms with Crippen molar-refractivity contribution >= 4 is 10.0 Å². The van der Waals surface area contributed by atoms with Crippen molar-refractivity contribution in [2.24, 2.45) is 23.2 Å². The highest BCUT2D eigenvalue weighted by atomic mass is 32.2. The fraction of sp³-hybridized carbons (Fsp3) is 1.00. The Hall–Kier alpha value is -0.130. The number of morpholine rings is 1. The van der Waals surface area contributed by atoms with Crippen LogP contribution in [0.4, 0.5) is 0 Å². The molecule has 5 heteroatoms. The summed E-state index contributed by atoms with van der Waals surface area (Å²) in [7, 11) is -3.09. The maximum atomic E-state index is 12.5. The minimum Gasteiger partial charge on any atom is -0.379 e. The molecule has 0 aromatic carbocycles. The predicted octanol–water partition coefficient (Wildman–Crippen LogP) is 1.72. The molecule has 3 aliphatic carbocycles. The molecular weight excluding hydrogens is 262 g/mol. The molecular formula is C14H25NO3S. The first-order chi connectivity index (χ1) is 8.91. The van der Waals surface area contributed by atoms with Gasteiger partial charge in [0.15, 0.2) is 0 Å². The Kier molecular flexibility index (Phi) is 3.43. The van der Waals surface area contributed by atoms with Gasteiger partial charge in [0.1, 0.15) is 0 Å². The van der Waals surface area contributed by atoms with Crippen molar-refractivity contribution in [1.29, 1.82) is 0 Å². The Labute approximate surface area is 116 Å². The average Bonchev–Trinajstić information content (AvgIpc) is 2.39. The lowest BCUT2D eigenvalue weighted by Crippen LogP contribution is -2.54.